The number of esters is 1. The normalized spacial score (nSPS) is 12.9. The molecule has 2 aromatic carbocycles. The molecular formula is C22H24N2O4. The highest BCUT2D eigenvalue weighted by molar-refractivity contribution is 5.94. The van der Waals surface area contributed by atoms with Gasteiger partial charge in [-0.1, -0.05) is 24.3 Å². The van der Waals surface area contributed by atoms with Crippen molar-refractivity contribution in [3.8, 4) is 0 Å². The minimum absolute atomic E-state index is 0.0342. The molecule has 2 aromatic rings. The Morgan fingerprint density at radius 2 is 1.71 bits per heavy atom. The van der Waals surface area contributed by atoms with Gasteiger partial charge in [-0.05, 0) is 41.8 Å². The van der Waals surface area contributed by atoms with Gasteiger partial charge in [0.05, 0.1) is 12.7 Å². The van der Waals surface area contributed by atoms with E-state index in [1.165, 1.54) is 25.2 Å². The number of anilines is 1. The number of amides is 2. The third-order valence-electron chi connectivity index (χ3n) is 5.01. The van der Waals surface area contributed by atoms with E-state index in [1.54, 1.807) is 29.2 Å². The summed E-state index contributed by atoms with van der Waals surface area (Å²) in [7, 11) is 1.32. The third kappa shape index (κ3) is 4.39. The fraction of sp³-hybridized carbons (Fsp3) is 0.318. The van der Waals surface area contributed by atoms with Crippen molar-refractivity contribution in [3.05, 3.63) is 65.2 Å². The summed E-state index contributed by atoms with van der Waals surface area (Å²) in [5, 5.41) is 0. The molecule has 6 heteroatoms. The Kier molecular flexibility index (Phi) is 6.09. The summed E-state index contributed by atoms with van der Waals surface area (Å²) in [5.74, 6) is -0.545. The number of methoxy groups -OCH3 is 1. The van der Waals surface area contributed by atoms with E-state index >= 15 is 0 Å². The molecule has 146 valence electrons. The SMILES string of the molecule is COC(=O)c1ccc(N(CCC(=O)N2CCc3ccccc3C2)C(C)=O)cc1. The summed E-state index contributed by atoms with van der Waals surface area (Å²) in [4.78, 5) is 39.7. The Hall–Kier alpha value is -3.15. The van der Waals surface area contributed by atoms with E-state index in [-0.39, 0.29) is 18.2 Å². The Bertz CT molecular complexity index is 876. The molecule has 1 heterocycles. The average Bonchev–Trinajstić information content (AvgIpc) is 2.73. The summed E-state index contributed by atoms with van der Waals surface area (Å²) < 4.78 is 4.69. The molecule has 6 nitrogen and oxygen atoms in total. The molecule has 0 fully saturated rings. The fourth-order valence-electron chi connectivity index (χ4n) is 3.44. The van der Waals surface area contributed by atoms with Crippen LogP contribution < -0.4 is 4.90 Å². The Balaban J connectivity index is 1.63. The van der Waals surface area contributed by atoms with Crippen LogP contribution in [0.3, 0.4) is 0 Å². The monoisotopic (exact) mass is 380 g/mol. The van der Waals surface area contributed by atoms with Gasteiger partial charge in [-0.25, -0.2) is 4.79 Å². The molecular weight excluding hydrogens is 356 g/mol. The number of carbonyl (C=O) groups is 3. The highest BCUT2D eigenvalue weighted by Crippen LogP contribution is 2.20. The molecule has 0 atom stereocenters. The second kappa shape index (κ2) is 8.69. The predicted octanol–water partition coefficient (Wildman–Crippen LogP) is 2.80. The number of hydrogen-bond donors (Lipinski definition) is 0. The highest BCUT2D eigenvalue weighted by atomic mass is 16.5. The van der Waals surface area contributed by atoms with Crippen molar-refractivity contribution < 1.29 is 19.1 Å². The van der Waals surface area contributed by atoms with Crippen LogP contribution in [0.15, 0.2) is 48.5 Å². The first-order chi connectivity index (χ1) is 13.5. The minimum atomic E-state index is -0.429. The van der Waals surface area contributed by atoms with Gasteiger partial charge < -0.3 is 14.5 Å². The van der Waals surface area contributed by atoms with Crippen LogP contribution in [0.4, 0.5) is 5.69 Å². The zero-order valence-corrected chi connectivity index (χ0v) is 16.2. The van der Waals surface area contributed by atoms with Crippen molar-refractivity contribution in [2.45, 2.75) is 26.3 Å². The number of ether oxygens (including phenoxy) is 1. The number of carbonyl (C=O) groups excluding carboxylic acids is 3. The molecule has 0 spiro atoms. The smallest absolute Gasteiger partial charge is 0.337 e. The van der Waals surface area contributed by atoms with Crippen molar-refractivity contribution in [2.75, 3.05) is 25.1 Å². The summed E-state index contributed by atoms with van der Waals surface area (Å²) in [5.41, 5.74) is 3.54. The van der Waals surface area contributed by atoms with Gasteiger partial charge in [0.1, 0.15) is 0 Å². The lowest BCUT2D eigenvalue weighted by Crippen LogP contribution is -2.39. The van der Waals surface area contributed by atoms with Gasteiger partial charge in [0.2, 0.25) is 11.8 Å². The van der Waals surface area contributed by atoms with Crippen LogP contribution in [-0.2, 0) is 27.3 Å². The molecule has 0 bridgehead atoms. The van der Waals surface area contributed by atoms with Crippen LogP contribution in [0.2, 0.25) is 0 Å². The van der Waals surface area contributed by atoms with Crippen LogP contribution in [0.5, 0.6) is 0 Å². The summed E-state index contributed by atoms with van der Waals surface area (Å²) in [6, 6.07) is 14.8. The lowest BCUT2D eigenvalue weighted by atomic mass is 10.00. The second-order valence-electron chi connectivity index (χ2n) is 6.79. The molecule has 1 aliphatic rings. The molecule has 0 aliphatic carbocycles. The third-order valence-corrected chi connectivity index (χ3v) is 5.01. The van der Waals surface area contributed by atoms with Gasteiger partial charge in [-0.3, -0.25) is 9.59 Å². The summed E-state index contributed by atoms with van der Waals surface area (Å²) in [6.07, 6.45) is 1.10. The van der Waals surface area contributed by atoms with E-state index in [2.05, 4.69) is 16.9 Å². The second-order valence-corrected chi connectivity index (χ2v) is 6.79. The molecule has 3 rings (SSSR count). The van der Waals surface area contributed by atoms with E-state index in [0.29, 0.717) is 30.9 Å². The lowest BCUT2D eigenvalue weighted by Gasteiger charge is -2.30. The zero-order valence-electron chi connectivity index (χ0n) is 16.2. The first-order valence-electron chi connectivity index (χ1n) is 9.30. The van der Waals surface area contributed by atoms with Crippen molar-refractivity contribution in [3.63, 3.8) is 0 Å². The van der Waals surface area contributed by atoms with E-state index in [0.717, 1.165) is 6.42 Å². The van der Waals surface area contributed by atoms with E-state index < -0.39 is 5.97 Å². The zero-order chi connectivity index (χ0) is 20.1. The van der Waals surface area contributed by atoms with Gasteiger partial charge in [0.15, 0.2) is 0 Å². The molecule has 1 aliphatic heterocycles. The summed E-state index contributed by atoms with van der Waals surface area (Å²) >= 11 is 0. The number of rotatable bonds is 5. The molecule has 0 radical (unpaired) electrons. The Labute approximate surface area is 164 Å². The van der Waals surface area contributed by atoms with Crippen LogP contribution in [0, 0.1) is 0 Å². The van der Waals surface area contributed by atoms with Crippen molar-refractivity contribution in [2.24, 2.45) is 0 Å². The quantitative estimate of drug-likeness (QED) is 0.748. The summed E-state index contributed by atoms with van der Waals surface area (Å²) in [6.45, 7) is 3.08. The maximum absolute atomic E-state index is 12.7. The predicted molar refractivity (Wildman–Crippen MR) is 106 cm³/mol. The van der Waals surface area contributed by atoms with Crippen LogP contribution >= 0.6 is 0 Å². The van der Waals surface area contributed by atoms with E-state index in [1.807, 2.05) is 17.0 Å². The van der Waals surface area contributed by atoms with E-state index in [4.69, 9.17) is 0 Å². The topological polar surface area (TPSA) is 66.9 Å². The van der Waals surface area contributed by atoms with Crippen molar-refractivity contribution in [1.82, 2.24) is 4.90 Å². The maximum atomic E-state index is 12.7. The molecule has 28 heavy (non-hydrogen) atoms. The Morgan fingerprint density at radius 3 is 2.36 bits per heavy atom. The van der Waals surface area contributed by atoms with Crippen molar-refractivity contribution in [1.29, 1.82) is 0 Å². The number of benzene rings is 2. The van der Waals surface area contributed by atoms with Gasteiger partial charge in [0, 0.05) is 38.7 Å². The molecule has 0 saturated heterocycles. The van der Waals surface area contributed by atoms with Crippen LogP contribution in [0.25, 0.3) is 0 Å². The van der Waals surface area contributed by atoms with Crippen LogP contribution in [0.1, 0.15) is 34.8 Å². The molecule has 0 aromatic heterocycles. The van der Waals surface area contributed by atoms with Gasteiger partial charge in [-0.15, -0.1) is 0 Å². The highest BCUT2D eigenvalue weighted by Gasteiger charge is 2.22. The average molecular weight is 380 g/mol. The fourth-order valence-corrected chi connectivity index (χ4v) is 3.44. The van der Waals surface area contributed by atoms with Crippen molar-refractivity contribution >= 4 is 23.5 Å². The van der Waals surface area contributed by atoms with Gasteiger partial charge in [-0.2, -0.15) is 0 Å². The maximum Gasteiger partial charge on any atom is 0.337 e. The molecule has 0 N–H and O–H groups in total. The number of hydrogen-bond acceptors (Lipinski definition) is 4. The van der Waals surface area contributed by atoms with Crippen LogP contribution in [-0.4, -0.2) is 42.9 Å². The largest absolute Gasteiger partial charge is 0.465 e. The molecule has 2 amide bonds. The standard InChI is InChI=1S/C22H24N2O4/c1-16(25)24(20-9-7-18(8-10-20)22(27)28-2)14-12-21(26)23-13-11-17-5-3-4-6-19(17)15-23/h3-10H,11-15H2,1-2H3. The lowest BCUT2D eigenvalue weighted by molar-refractivity contribution is -0.131. The van der Waals surface area contributed by atoms with E-state index in [9.17, 15) is 14.4 Å². The number of fused-ring (bicyclic) bond motifs is 1. The minimum Gasteiger partial charge on any atom is -0.465 e. The number of nitrogens with zero attached hydrogens (tertiary/aromatic N) is 2. The molecule has 0 saturated carbocycles. The first kappa shape index (κ1) is 19.6. The van der Waals surface area contributed by atoms with Gasteiger partial charge in [0.25, 0.3) is 0 Å². The first-order valence-corrected chi connectivity index (χ1v) is 9.30. The Morgan fingerprint density at radius 1 is 1.04 bits per heavy atom. The van der Waals surface area contributed by atoms with Gasteiger partial charge >= 0.3 is 5.97 Å². The molecule has 0 unspecified atom stereocenters.